The lowest BCUT2D eigenvalue weighted by Crippen LogP contribution is -2.46. The van der Waals surface area contributed by atoms with E-state index in [4.69, 9.17) is 0 Å². The third-order valence-electron chi connectivity index (χ3n) is 7.83. The summed E-state index contributed by atoms with van der Waals surface area (Å²) < 4.78 is 25.8. The van der Waals surface area contributed by atoms with Gasteiger partial charge in [-0.05, 0) is 68.6 Å². The molecule has 1 aliphatic carbocycles. The highest BCUT2D eigenvalue weighted by molar-refractivity contribution is 7.90. The second-order valence-corrected chi connectivity index (χ2v) is 12.1. The average Bonchev–Trinajstić information content (AvgIpc) is 3.41. The number of aromatic nitrogens is 2. The van der Waals surface area contributed by atoms with Crippen molar-refractivity contribution in [1.29, 1.82) is 0 Å². The van der Waals surface area contributed by atoms with E-state index in [9.17, 15) is 18.0 Å². The number of imidazole rings is 1. The number of nitrogens with zero attached hydrogens (tertiary/aromatic N) is 3. The van der Waals surface area contributed by atoms with E-state index >= 15 is 0 Å². The van der Waals surface area contributed by atoms with Crippen LogP contribution in [0.2, 0.25) is 0 Å². The third kappa shape index (κ3) is 4.01. The first-order valence-electron chi connectivity index (χ1n) is 11.6. The van der Waals surface area contributed by atoms with Crippen LogP contribution in [0.5, 0.6) is 0 Å². The summed E-state index contributed by atoms with van der Waals surface area (Å²) in [6.07, 6.45) is 7.75. The highest BCUT2D eigenvalue weighted by Gasteiger charge is 2.45. The number of hydrogen-bond acceptors (Lipinski definition) is 5. The quantitative estimate of drug-likeness (QED) is 0.754. The van der Waals surface area contributed by atoms with E-state index in [-0.39, 0.29) is 22.5 Å². The number of aryl methyl sites for hydroxylation is 1. The Labute approximate surface area is 188 Å². The molecule has 1 aromatic heterocycles. The van der Waals surface area contributed by atoms with E-state index in [2.05, 4.69) is 9.88 Å². The largest absolute Gasteiger partial charge is 0.342 e. The van der Waals surface area contributed by atoms with E-state index in [1.165, 1.54) is 19.1 Å². The van der Waals surface area contributed by atoms with Gasteiger partial charge in [0, 0.05) is 38.5 Å². The van der Waals surface area contributed by atoms with Crippen molar-refractivity contribution in [3.63, 3.8) is 0 Å². The van der Waals surface area contributed by atoms with Gasteiger partial charge in [-0.1, -0.05) is 0 Å². The Hall–Kier alpha value is -2.13. The maximum absolute atomic E-state index is 12.8. The normalized spacial score (nSPS) is 22.0. The fourth-order valence-electron chi connectivity index (χ4n) is 5.55. The average molecular weight is 461 g/mol. The standard InChI is InChI=1S/C23H32N4O4S/c1-16-13-19-18(14-20(16)32(2,30)31)24-22(29)27(19)17-3-9-25(10-4-17)15-21(28)26-11-7-23(5-6-23)8-12-26/h13-14,17H,3-12,15H2,1-2H3,(H,24,29). The van der Waals surface area contributed by atoms with Crippen molar-refractivity contribution in [3.05, 3.63) is 28.2 Å². The maximum atomic E-state index is 12.8. The SMILES string of the molecule is Cc1cc2c(cc1S(C)(=O)=O)[nH]c(=O)n2C1CCN(CC(=O)N2CCC3(CC2)CC3)CC1. The number of likely N-dealkylation sites (tertiary alicyclic amines) is 2. The van der Waals surface area contributed by atoms with E-state index in [0.29, 0.717) is 23.0 Å². The minimum absolute atomic E-state index is 0.0378. The Morgan fingerprint density at radius 1 is 1.09 bits per heavy atom. The number of H-pyrrole nitrogens is 1. The van der Waals surface area contributed by atoms with Crippen molar-refractivity contribution in [1.82, 2.24) is 19.4 Å². The van der Waals surface area contributed by atoms with Gasteiger partial charge in [0.25, 0.3) is 0 Å². The van der Waals surface area contributed by atoms with Crippen molar-refractivity contribution >= 4 is 26.8 Å². The first kappa shape index (κ1) is 21.7. The van der Waals surface area contributed by atoms with Gasteiger partial charge in [-0.25, -0.2) is 13.2 Å². The summed E-state index contributed by atoms with van der Waals surface area (Å²) in [6, 6.07) is 3.40. The van der Waals surface area contributed by atoms with Gasteiger partial charge in [0.05, 0.1) is 22.5 Å². The number of fused-ring (bicyclic) bond motifs is 1. The lowest BCUT2D eigenvalue weighted by Gasteiger charge is -2.36. The summed E-state index contributed by atoms with van der Waals surface area (Å²) in [5.41, 5.74) is 2.31. The van der Waals surface area contributed by atoms with Gasteiger partial charge in [0.1, 0.15) is 0 Å². The van der Waals surface area contributed by atoms with Crippen molar-refractivity contribution in [2.75, 3.05) is 39.0 Å². The van der Waals surface area contributed by atoms with E-state index in [0.717, 1.165) is 57.4 Å². The van der Waals surface area contributed by atoms with Crippen LogP contribution >= 0.6 is 0 Å². The molecule has 32 heavy (non-hydrogen) atoms. The molecule has 2 saturated heterocycles. The Bertz CT molecular complexity index is 1210. The molecule has 1 N–H and O–H groups in total. The number of amides is 1. The summed E-state index contributed by atoms with van der Waals surface area (Å²) in [5, 5.41) is 0. The topological polar surface area (TPSA) is 95.5 Å². The van der Waals surface area contributed by atoms with Crippen LogP contribution in [0.25, 0.3) is 11.0 Å². The lowest BCUT2D eigenvalue weighted by atomic mass is 9.93. The molecule has 2 aliphatic heterocycles. The molecule has 1 saturated carbocycles. The van der Waals surface area contributed by atoms with Gasteiger partial charge in [-0.2, -0.15) is 0 Å². The van der Waals surface area contributed by atoms with Gasteiger partial charge in [-0.3, -0.25) is 14.3 Å². The molecule has 5 rings (SSSR count). The number of nitrogens with one attached hydrogen (secondary N) is 1. The van der Waals surface area contributed by atoms with Crippen molar-refractivity contribution in [2.45, 2.75) is 56.4 Å². The first-order valence-corrected chi connectivity index (χ1v) is 13.5. The fourth-order valence-corrected chi connectivity index (χ4v) is 6.53. The van der Waals surface area contributed by atoms with Gasteiger partial charge >= 0.3 is 5.69 Å². The predicted octanol–water partition coefficient (Wildman–Crippen LogP) is 2.08. The van der Waals surface area contributed by atoms with Crippen LogP contribution < -0.4 is 5.69 Å². The van der Waals surface area contributed by atoms with Crippen molar-refractivity contribution < 1.29 is 13.2 Å². The number of benzene rings is 1. The number of carbonyl (C=O) groups excluding carboxylic acids is 1. The van der Waals surface area contributed by atoms with E-state index < -0.39 is 9.84 Å². The minimum atomic E-state index is -3.36. The van der Waals surface area contributed by atoms with E-state index in [1.807, 2.05) is 4.90 Å². The Kier molecular flexibility index (Phi) is 5.24. The smallest absolute Gasteiger partial charge is 0.326 e. The Morgan fingerprint density at radius 3 is 2.34 bits per heavy atom. The highest BCUT2D eigenvalue weighted by atomic mass is 32.2. The molecule has 3 heterocycles. The first-order chi connectivity index (χ1) is 15.2. The fraction of sp³-hybridized carbons (Fsp3) is 0.652. The monoisotopic (exact) mass is 460 g/mol. The van der Waals surface area contributed by atoms with Gasteiger partial charge in [0.15, 0.2) is 9.84 Å². The molecule has 8 nitrogen and oxygen atoms in total. The third-order valence-corrected chi connectivity index (χ3v) is 9.07. The molecule has 9 heteroatoms. The molecule has 0 radical (unpaired) electrons. The molecule has 174 valence electrons. The van der Waals surface area contributed by atoms with Crippen LogP contribution in [-0.4, -0.2) is 72.7 Å². The van der Waals surface area contributed by atoms with Crippen LogP contribution in [-0.2, 0) is 14.6 Å². The van der Waals surface area contributed by atoms with Crippen LogP contribution in [0.1, 0.15) is 50.1 Å². The minimum Gasteiger partial charge on any atom is -0.342 e. The van der Waals surface area contributed by atoms with Crippen LogP contribution in [0.15, 0.2) is 21.8 Å². The second-order valence-electron chi connectivity index (χ2n) is 10.1. The number of aromatic amines is 1. The maximum Gasteiger partial charge on any atom is 0.326 e. The van der Waals surface area contributed by atoms with Crippen molar-refractivity contribution in [3.8, 4) is 0 Å². The molecule has 3 aliphatic rings. The molecule has 1 aromatic carbocycles. The summed E-state index contributed by atoms with van der Waals surface area (Å²) in [4.78, 5) is 32.8. The molecule has 2 aromatic rings. The second kappa shape index (κ2) is 7.73. The molecular formula is C23H32N4O4S. The molecule has 1 spiro atoms. The molecule has 0 atom stereocenters. The summed E-state index contributed by atoms with van der Waals surface area (Å²) in [7, 11) is -3.36. The Balaban J connectivity index is 1.25. The number of piperidine rings is 2. The zero-order chi connectivity index (χ0) is 22.7. The van der Waals surface area contributed by atoms with Gasteiger partial charge in [0.2, 0.25) is 5.91 Å². The summed E-state index contributed by atoms with van der Waals surface area (Å²) >= 11 is 0. The van der Waals surface area contributed by atoms with Crippen LogP contribution in [0.4, 0.5) is 0 Å². The van der Waals surface area contributed by atoms with Gasteiger partial charge in [-0.15, -0.1) is 0 Å². The summed E-state index contributed by atoms with van der Waals surface area (Å²) in [6.45, 7) is 5.56. The number of rotatable bonds is 4. The molecular weight excluding hydrogens is 428 g/mol. The van der Waals surface area contributed by atoms with Crippen molar-refractivity contribution in [2.24, 2.45) is 5.41 Å². The highest BCUT2D eigenvalue weighted by Crippen LogP contribution is 2.53. The summed E-state index contributed by atoms with van der Waals surface area (Å²) in [5.74, 6) is 0.229. The van der Waals surface area contributed by atoms with Gasteiger partial charge < -0.3 is 9.88 Å². The number of hydrogen-bond donors (Lipinski definition) is 1. The van der Waals surface area contributed by atoms with Crippen LogP contribution in [0, 0.1) is 12.3 Å². The number of sulfone groups is 1. The zero-order valence-corrected chi connectivity index (χ0v) is 19.7. The van der Waals surface area contributed by atoms with E-state index in [1.54, 1.807) is 23.6 Å². The predicted molar refractivity (Wildman–Crippen MR) is 123 cm³/mol. The number of carbonyl (C=O) groups is 1. The molecule has 1 amide bonds. The molecule has 0 unspecified atom stereocenters. The zero-order valence-electron chi connectivity index (χ0n) is 18.9. The molecule has 0 bridgehead atoms. The Morgan fingerprint density at radius 2 is 1.75 bits per heavy atom. The van der Waals surface area contributed by atoms with Crippen LogP contribution in [0.3, 0.4) is 0 Å². The molecule has 3 fully saturated rings. The lowest BCUT2D eigenvalue weighted by molar-refractivity contribution is -0.134.